The van der Waals surface area contributed by atoms with Crippen molar-refractivity contribution in [3.05, 3.63) is 0 Å². The Hall–Kier alpha value is -1.06. The molecule has 0 rings (SSSR count). The highest BCUT2D eigenvalue weighted by atomic mass is 16.5. The van der Waals surface area contributed by atoms with Crippen LogP contribution in [-0.4, -0.2) is 24.6 Å². The van der Waals surface area contributed by atoms with E-state index in [1.807, 2.05) is 6.92 Å². The molecule has 0 radical (unpaired) electrons. The first-order valence-electron chi connectivity index (χ1n) is 11.3. The van der Waals surface area contributed by atoms with Crippen molar-refractivity contribution in [2.75, 3.05) is 6.61 Å². The van der Waals surface area contributed by atoms with Crippen LogP contribution in [0.2, 0.25) is 0 Å². The Morgan fingerprint density at radius 1 is 0.704 bits per heavy atom. The van der Waals surface area contributed by atoms with Gasteiger partial charge in [-0.15, -0.1) is 0 Å². The Labute approximate surface area is 167 Å². The van der Waals surface area contributed by atoms with Crippen LogP contribution < -0.4 is 0 Å². The molecule has 1 unspecified atom stereocenters. The summed E-state index contributed by atoms with van der Waals surface area (Å²) >= 11 is 0. The predicted octanol–water partition coefficient (Wildman–Crippen LogP) is 6.60. The summed E-state index contributed by atoms with van der Waals surface area (Å²) in [5.41, 5.74) is 0. The summed E-state index contributed by atoms with van der Waals surface area (Å²) in [6.45, 7) is 8.80. The maximum absolute atomic E-state index is 11.7. The zero-order chi connectivity index (χ0) is 20.3. The molecule has 0 aliphatic rings. The summed E-state index contributed by atoms with van der Waals surface area (Å²) in [4.78, 5) is 23.3. The quantitative estimate of drug-likeness (QED) is 0.197. The van der Waals surface area contributed by atoms with Gasteiger partial charge in [-0.1, -0.05) is 85.0 Å². The smallest absolute Gasteiger partial charge is 0.306 e. The van der Waals surface area contributed by atoms with Gasteiger partial charge in [0, 0.05) is 0 Å². The number of hydrogen-bond donors (Lipinski definition) is 0. The molecule has 0 fully saturated rings. The van der Waals surface area contributed by atoms with E-state index in [9.17, 15) is 9.59 Å². The molecule has 0 aliphatic heterocycles. The third kappa shape index (κ3) is 19.5. The van der Waals surface area contributed by atoms with Gasteiger partial charge in [0.1, 0.15) is 0 Å². The molecular formula is C23H44O4. The van der Waals surface area contributed by atoms with Crippen LogP contribution in [0.3, 0.4) is 0 Å². The highest BCUT2D eigenvalue weighted by molar-refractivity contribution is 5.77. The van der Waals surface area contributed by atoms with Crippen molar-refractivity contribution in [1.82, 2.24) is 0 Å². The molecule has 0 N–H and O–H groups in total. The maximum Gasteiger partial charge on any atom is 0.306 e. The fraction of sp³-hybridized carbons (Fsp3) is 0.913. The van der Waals surface area contributed by atoms with E-state index in [1.165, 1.54) is 57.8 Å². The normalized spacial score (nSPS) is 12.2. The highest BCUT2D eigenvalue weighted by Gasteiger charge is 2.13. The first-order chi connectivity index (χ1) is 13.0. The van der Waals surface area contributed by atoms with E-state index in [-0.39, 0.29) is 30.9 Å². The van der Waals surface area contributed by atoms with Gasteiger partial charge in [-0.05, 0) is 25.7 Å². The van der Waals surface area contributed by atoms with Crippen LogP contribution in [0, 0.1) is 5.92 Å². The van der Waals surface area contributed by atoms with Crippen molar-refractivity contribution in [1.29, 1.82) is 0 Å². The zero-order valence-electron chi connectivity index (χ0n) is 18.4. The van der Waals surface area contributed by atoms with Crippen molar-refractivity contribution in [2.24, 2.45) is 5.92 Å². The van der Waals surface area contributed by atoms with Crippen molar-refractivity contribution >= 4 is 11.9 Å². The summed E-state index contributed by atoms with van der Waals surface area (Å²) in [7, 11) is 0. The van der Waals surface area contributed by atoms with Crippen LogP contribution in [0.4, 0.5) is 0 Å². The van der Waals surface area contributed by atoms with Crippen LogP contribution >= 0.6 is 0 Å². The number of hydrogen-bond acceptors (Lipinski definition) is 4. The second-order valence-corrected chi connectivity index (χ2v) is 8.19. The lowest BCUT2D eigenvalue weighted by Crippen LogP contribution is -2.18. The van der Waals surface area contributed by atoms with E-state index >= 15 is 0 Å². The van der Waals surface area contributed by atoms with E-state index in [4.69, 9.17) is 9.47 Å². The lowest BCUT2D eigenvalue weighted by Gasteiger charge is -2.15. The van der Waals surface area contributed by atoms with Crippen molar-refractivity contribution in [3.8, 4) is 0 Å². The molecule has 4 nitrogen and oxygen atoms in total. The van der Waals surface area contributed by atoms with Crippen LogP contribution in [0.1, 0.15) is 118 Å². The third-order valence-electron chi connectivity index (χ3n) is 4.68. The number of carbonyl (C=O) groups excluding carboxylic acids is 2. The molecule has 0 saturated carbocycles. The number of ether oxygens (including phenoxy) is 2. The van der Waals surface area contributed by atoms with Crippen LogP contribution in [0.25, 0.3) is 0 Å². The maximum atomic E-state index is 11.7. The molecule has 0 aromatic heterocycles. The molecular weight excluding hydrogens is 340 g/mol. The fourth-order valence-corrected chi connectivity index (χ4v) is 3.22. The lowest BCUT2D eigenvalue weighted by molar-refractivity contribution is -0.153. The Kier molecular flexibility index (Phi) is 17.6. The lowest BCUT2D eigenvalue weighted by atomic mass is 10.1. The molecule has 0 saturated heterocycles. The van der Waals surface area contributed by atoms with Crippen LogP contribution in [0.15, 0.2) is 0 Å². The van der Waals surface area contributed by atoms with Gasteiger partial charge >= 0.3 is 11.9 Å². The highest BCUT2D eigenvalue weighted by Crippen LogP contribution is 2.12. The van der Waals surface area contributed by atoms with E-state index in [0.717, 1.165) is 19.3 Å². The molecule has 0 spiro atoms. The minimum atomic E-state index is -0.310. The Morgan fingerprint density at radius 2 is 1.19 bits per heavy atom. The molecule has 0 heterocycles. The Morgan fingerprint density at radius 3 is 1.70 bits per heavy atom. The molecule has 0 aliphatic carbocycles. The number of rotatable bonds is 18. The molecule has 27 heavy (non-hydrogen) atoms. The first-order valence-corrected chi connectivity index (χ1v) is 11.3. The summed E-state index contributed by atoms with van der Waals surface area (Å²) in [5, 5.41) is 0. The van der Waals surface area contributed by atoms with Gasteiger partial charge in [-0.3, -0.25) is 9.59 Å². The molecule has 0 aromatic carbocycles. The molecule has 0 bridgehead atoms. The summed E-state index contributed by atoms with van der Waals surface area (Å²) in [6.07, 6.45) is 15.0. The van der Waals surface area contributed by atoms with E-state index in [0.29, 0.717) is 12.5 Å². The molecule has 4 heteroatoms. The van der Waals surface area contributed by atoms with Gasteiger partial charge in [0.15, 0.2) is 0 Å². The average molecular weight is 385 g/mol. The second kappa shape index (κ2) is 18.3. The van der Waals surface area contributed by atoms with Gasteiger partial charge in [-0.25, -0.2) is 0 Å². The fourth-order valence-electron chi connectivity index (χ4n) is 3.22. The van der Waals surface area contributed by atoms with Crippen LogP contribution in [0.5, 0.6) is 0 Å². The monoisotopic (exact) mass is 384 g/mol. The summed E-state index contributed by atoms with van der Waals surface area (Å²) in [5.74, 6) is -0.117. The Balaban J connectivity index is 3.40. The topological polar surface area (TPSA) is 52.6 Å². The third-order valence-corrected chi connectivity index (χ3v) is 4.68. The van der Waals surface area contributed by atoms with E-state index < -0.39 is 0 Å². The van der Waals surface area contributed by atoms with E-state index in [2.05, 4.69) is 20.8 Å². The standard InChI is InChI=1S/C23H44O4/c1-5-6-7-8-9-10-11-12-13-14-15-18-26-22(24)16-17-23(25)27-21(4)19-20(2)3/h20-21H,5-19H2,1-4H3. The van der Waals surface area contributed by atoms with Gasteiger partial charge in [0.2, 0.25) is 0 Å². The second-order valence-electron chi connectivity index (χ2n) is 8.19. The molecule has 160 valence electrons. The first kappa shape index (κ1) is 25.9. The molecule has 1 atom stereocenters. The summed E-state index contributed by atoms with van der Waals surface area (Å²) in [6, 6.07) is 0. The van der Waals surface area contributed by atoms with Gasteiger partial charge < -0.3 is 9.47 Å². The average Bonchev–Trinajstić information content (AvgIpc) is 2.60. The number of unbranched alkanes of at least 4 members (excludes halogenated alkanes) is 10. The summed E-state index contributed by atoms with van der Waals surface area (Å²) < 4.78 is 10.5. The number of esters is 2. The van der Waals surface area contributed by atoms with E-state index in [1.54, 1.807) is 0 Å². The minimum Gasteiger partial charge on any atom is -0.466 e. The van der Waals surface area contributed by atoms with Gasteiger partial charge in [0.05, 0.1) is 25.6 Å². The van der Waals surface area contributed by atoms with Gasteiger partial charge in [0.25, 0.3) is 0 Å². The minimum absolute atomic E-state index is 0.0927. The predicted molar refractivity (Wildman–Crippen MR) is 112 cm³/mol. The van der Waals surface area contributed by atoms with Crippen molar-refractivity contribution in [3.63, 3.8) is 0 Å². The van der Waals surface area contributed by atoms with Gasteiger partial charge in [-0.2, -0.15) is 0 Å². The van der Waals surface area contributed by atoms with Crippen LogP contribution in [-0.2, 0) is 19.1 Å². The molecule has 0 aromatic rings. The largest absolute Gasteiger partial charge is 0.466 e. The SMILES string of the molecule is CCCCCCCCCCCCCOC(=O)CCC(=O)OC(C)CC(C)C. The Bertz CT molecular complexity index is 365. The zero-order valence-corrected chi connectivity index (χ0v) is 18.4. The number of carbonyl (C=O) groups is 2. The van der Waals surface area contributed by atoms with Crippen molar-refractivity contribution < 1.29 is 19.1 Å². The molecule has 0 amide bonds. The van der Waals surface area contributed by atoms with Crippen molar-refractivity contribution in [2.45, 2.75) is 124 Å².